The predicted molar refractivity (Wildman–Crippen MR) is 82.7 cm³/mol. The molecule has 0 radical (unpaired) electrons. The van der Waals surface area contributed by atoms with Crippen LogP contribution in [0.4, 0.5) is 11.5 Å². The lowest BCUT2D eigenvalue weighted by Crippen LogP contribution is -2.43. The van der Waals surface area contributed by atoms with E-state index in [1.165, 1.54) is 0 Å². The first-order valence-corrected chi connectivity index (χ1v) is 7.49. The lowest BCUT2D eigenvalue weighted by molar-refractivity contribution is -0.384. The molecule has 7 nitrogen and oxygen atoms in total. The van der Waals surface area contributed by atoms with Crippen molar-refractivity contribution in [2.45, 2.75) is 46.2 Å². The van der Waals surface area contributed by atoms with Crippen LogP contribution in [-0.2, 0) is 0 Å². The molecule has 118 valence electrons. The van der Waals surface area contributed by atoms with Crippen molar-refractivity contribution >= 4 is 11.5 Å². The molecule has 1 aliphatic heterocycles. The van der Waals surface area contributed by atoms with Crippen molar-refractivity contribution in [3.63, 3.8) is 0 Å². The minimum absolute atomic E-state index is 0.0847. The first-order valence-electron chi connectivity index (χ1n) is 7.49. The second kappa shape index (κ2) is 6.01. The van der Waals surface area contributed by atoms with E-state index in [0.29, 0.717) is 17.4 Å². The van der Waals surface area contributed by atoms with Gasteiger partial charge in [-0.1, -0.05) is 6.92 Å². The molecule has 1 aromatic heterocycles. The van der Waals surface area contributed by atoms with Crippen molar-refractivity contribution in [3.05, 3.63) is 15.8 Å². The number of rotatable bonds is 4. The van der Waals surface area contributed by atoms with Crippen molar-refractivity contribution in [1.82, 2.24) is 14.7 Å². The fraction of sp³-hybridized carbons (Fsp3) is 0.786. The van der Waals surface area contributed by atoms with E-state index in [9.17, 15) is 10.1 Å². The quantitative estimate of drug-likeness (QED) is 0.682. The molecule has 0 bridgehead atoms. The number of hydrogen-bond donors (Lipinski definition) is 1. The Morgan fingerprint density at radius 2 is 2.14 bits per heavy atom. The highest BCUT2D eigenvalue weighted by molar-refractivity contribution is 5.60. The smallest absolute Gasteiger partial charge is 0.333 e. The zero-order chi connectivity index (χ0) is 15.7. The molecule has 1 N–H and O–H groups in total. The first kappa shape index (κ1) is 15.8. The van der Waals surface area contributed by atoms with Crippen LogP contribution >= 0.6 is 0 Å². The van der Waals surface area contributed by atoms with E-state index in [1.807, 2.05) is 13.8 Å². The Balaban J connectivity index is 2.31. The maximum atomic E-state index is 11.4. The largest absolute Gasteiger partial charge is 0.361 e. The van der Waals surface area contributed by atoms with Gasteiger partial charge in [-0.25, -0.2) is 4.68 Å². The first-order chi connectivity index (χ1) is 9.81. The number of likely N-dealkylation sites (tertiary alicyclic amines) is 1. The molecule has 0 aliphatic carbocycles. The normalized spacial score (nSPS) is 23.5. The molecule has 2 atom stereocenters. The third-order valence-electron chi connectivity index (χ3n) is 4.16. The van der Waals surface area contributed by atoms with Crippen molar-refractivity contribution in [1.29, 1.82) is 0 Å². The topological polar surface area (TPSA) is 76.2 Å². The molecule has 21 heavy (non-hydrogen) atoms. The van der Waals surface area contributed by atoms with E-state index in [0.717, 1.165) is 19.5 Å². The average molecular weight is 295 g/mol. The van der Waals surface area contributed by atoms with Gasteiger partial charge in [-0.2, -0.15) is 5.10 Å². The Morgan fingerprint density at radius 3 is 2.67 bits per heavy atom. The zero-order valence-corrected chi connectivity index (χ0v) is 13.5. The van der Waals surface area contributed by atoms with Crippen molar-refractivity contribution in [3.8, 4) is 0 Å². The number of aromatic nitrogens is 2. The van der Waals surface area contributed by atoms with Crippen LogP contribution in [0.3, 0.4) is 0 Å². The SMILES string of the molecule is Cc1nn(C(C)C)c(NC2CCN(C)CC2C)c1[N+](=O)[O-]. The van der Waals surface area contributed by atoms with Crippen LogP contribution < -0.4 is 5.32 Å². The van der Waals surface area contributed by atoms with E-state index in [1.54, 1.807) is 11.6 Å². The molecule has 0 aromatic carbocycles. The van der Waals surface area contributed by atoms with Gasteiger partial charge in [0.25, 0.3) is 0 Å². The van der Waals surface area contributed by atoms with Crippen LogP contribution in [0, 0.1) is 23.0 Å². The Kier molecular flexibility index (Phi) is 4.51. The summed E-state index contributed by atoms with van der Waals surface area (Å²) in [5, 5.41) is 19.1. The summed E-state index contributed by atoms with van der Waals surface area (Å²) in [4.78, 5) is 13.3. The molecule has 1 aromatic rings. The summed E-state index contributed by atoms with van der Waals surface area (Å²) in [5.41, 5.74) is 0.576. The van der Waals surface area contributed by atoms with Gasteiger partial charge in [0.05, 0.1) is 4.92 Å². The van der Waals surface area contributed by atoms with Gasteiger partial charge in [-0.15, -0.1) is 0 Å². The second-order valence-electron chi connectivity index (χ2n) is 6.36. The molecule has 1 saturated heterocycles. The Labute approximate surface area is 125 Å². The van der Waals surface area contributed by atoms with Crippen LogP contribution in [-0.4, -0.2) is 45.8 Å². The van der Waals surface area contributed by atoms with Crippen LogP contribution in [0.2, 0.25) is 0 Å². The summed E-state index contributed by atoms with van der Waals surface area (Å²) < 4.78 is 1.73. The molecule has 0 amide bonds. The number of nitrogens with zero attached hydrogens (tertiary/aromatic N) is 4. The zero-order valence-electron chi connectivity index (χ0n) is 13.5. The molecule has 1 fully saturated rings. The van der Waals surface area contributed by atoms with Gasteiger partial charge in [-0.05, 0) is 46.7 Å². The van der Waals surface area contributed by atoms with Gasteiger partial charge >= 0.3 is 5.69 Å². The lowest BCUT2D eigenvalue weighted by Gasteiger charge is -2.35. The van der Waals surface area contributed by atoms with E-state index < -0.39 is 0 Å². The maximum Gasteiger partial charge on any atom is 0.333 e. The third kappa shape index (κ3) is 3.18. The molecular weight excluding hydrogens is 270 g/mol. The van der Waals surface area contributed by atoms with Crippen molar-refractivity contribution in [2.24, 2.45) is 5.92 Å². The summed E-state index contributed by atoms with van der Waals surface area (Å²) in [6.07, 6.45) is 0.983. The summed E-state index contributed by atoms with van der Waals surface area (Å²) in [6.45, 7) is 9.85. The number of aryl methyl sites for hydroxylation is 1. The highest BCUT2D eigenvalue weighted by Crippen LogP contribution is 2.32. The summed E-state index contributed by atoms with van der Waals surface area (Å²) in [5.74, 6) is 0.994. The molecule has 2 rings (SSSR count). The number of piperidine rings is 1. The number of anilines is 1. The minimum Gasteiger partial charge on any atom is -0.361 e. The van der Waals surface area contributed by atoms with Crippen molar-refractivity contribution < 1.29 is 4.92 Å². The molecular formula is C14H25N5O2. The van der Waals surface area contributed by atoms with Gasteiger partial charge in [0.15, 0.2) is 0 Å². The molecule has 0 spiro atoms. The van der Waals surface area contributed by atoms with Gasteiger partial charge < -0.3 is 10.2 Å². The molecule has 7 heteroatoms. The van der Waals surface area contributed by atoms with E-state index >= 15 is 0 Å². The highest BCUT2D eigenvalue weighted by atomic mass is 16.6. The fourth-order valence-electron chi connectivity index (χ4n) is 3.01. The maximum absolute atomic E-state index is 11.4. The molecule has 2 heterocycles. The van der Waals surface area contributed by atoms with Crippen LogP contribution in [0.15, 0.2) is 0 Å². The molecule has 2 unspecified atom stereocenters. The van der Waals surface area contributed by atoms with Crippen LogP contribution in [0.25, 0.3) is 0 Å². The lowest BCUT2D eigenvalue weighted by atomic mass is 9.94. The Bertz CT molecular complexity index is 526. The van der Waals surface area contributed by atoms with E-state index in [-0.39, 0.29) is 22.7 Å². The fourth-order valence-corrected chi connectivity index (χ4v) is 3.01. The summed E-state index contributed by atoms with van der Waals surface area (Å²) in [6, 6.07) is 0.329. The van der Waals surface area contributed by atoms with Crippen LogP contribution in [0.1, 0.15) is 38.9 Å². The standard InChI is InChI=1S/C14H25N5O2/c1-9(2)18-14(13(19(20)21)11(4)16-18)15-12-6-7-17(5)8-10(12)3/h9-10,12,15H,6-8H2,1-5H3. The van der Waals surface area contributed by atoms with Gasteiger partial charge in [-0.3, -0.25) is 10.1 Å². The van der Waals surface area contributed by atoms with Gasteiger partial charge in [0.2, 0.25) is 5.82 Å². The average Bonchev–Trinajstić information content (AvgIpc) is 2.70. The monoisotopic (exact) mass is 295 g/mol. The summed E-state index contributed by atoms with van der Waals surface area (Å²) in [7, 11) is 2.11. The van der Waals surface area contributed by atoms with Gasteiger partial charge in [0.1, 0.15) is 5.69 Å². The molecule has 0 saturated carbocycles. The highest BCUT2D eigenvalue weighted by Gasteiger charge is 2.31. The second-order valence-corrected chi connectivity index (χ2v) is 6.36. The number of nitrogens with one attached hydrogen (secondary N) is 1. The Morgan fingerprint density at radius 1 is 1.48 bits per heavy atom. The summed E-state index contributed by atoms with van der Waals surface area (Å²) >= 11 is 0. The number of nitro groups is 1. The Hall–Kier alpha value is -1.63. The predicted octanol–water partition coefficient (Wildman–Crippen LogP) is 2.43. The van der Waals surface area contributed by atoms with Crippen molar-refractivity contribution in [2.75, 3.05) is 25.5 Å². The van der Waals surface area contributed by atoms with E-state index in [2.05, 4.69) is 29.3 Å². The van der Waals surface area contributed by atoms with Crippen LogP contribution in [0.5, 0.6) is 0 Å². The minimum atomic E-state index is -0.330. The van der Waals surface area contributed by atoms with E-state index in [4.69, 9.17) is 0 Å². The van der Waals surface area contributed by atoms with Gasteiger partial charge in [0, 0.05) is 18.6 Å². The third-order valence-corrected chi connectivity index (χ3v) is 4.16. The number of hydrogen-bond acceptors (Lipinski definition) is 5. The molecule has 1 aliphatic rings.